The molecule has 1 aromatic heterocycles. The van der Waals surface area contributed by atoms with Crippen molar-refractivity contribution < 1.29 is 42.4 Å². The molecule has 1 amide bonds. The van der Waals surface area contributed by atoms with Gasteiger partial charge in [-0.05, 0) is 0 Å². The first-order valence-corrected chi connectivity index (χ1v) is 7.95. The van der Waals surface area contributed by atoms with Gasteiger partial charge in [-0.1, -0.05) is 0 Å². The topological polar surface area (TPSA) is 152 Å². The van der Waals surface area contributed by atoms with Crippen molar-refractivity contribution in [3.63, 3.8) is 0 Å². The minimum absolute atomic E-state index is 0.321. The number of aliphatic hydroxyl groups excluding tert-OH is 2. The molecule has 0 unspecified atom stereocenters. The number of halogens is 3. The van der Waals surface area contributed by atoms with E-state index in [4.69, 9.17) is 14.2 Å². The molecule has 1 aliphatic heterocycles. The van der Waals surface area contributed by atoms with Crippen LogP contribution >= 0.6 is 0 Å². The maximum Gasteiger partial charge on any atom is 0.471 e. The molecule has 1 aromatic rings. The molecule has 4 atom stereocenters. The Labute approximate surface area is 154 Å². The van der Waals surface area contributed by atoms with E-state index in [0.29, 0.717) is 0 Å². The molecule has 0 saturated carbocycles. The van der Waals surface area contributed by atoms with E-state index < -0.39 is 67.8 Å². The molecule has 1 saturated heterocycles. The van der Waals surface area contributed by atoms with Gasteiger partial charge in [-0.25, -0.2) is 4.79 Å². The largest absolute Gasteiger partial charge is 0.471 e. The van der Waals surface area contributed by atoms with Crippen molar-refractivity contribution in [2.24, 2.45) is 0 Å². The Hall–Kier alpha value is -2.26. The highest BCUT2D eigenvalue weighted by Gasteiger charge is 2.45. The lowest BCUT2D eigenvalue weighted by Gasteiger charge is -2.22. The van der Waals surface area contributed by atoms with Gasteiger partial charge in [-0.3, -0.25) is 19.1 Å². The van der Waals surface area contributed by atoms with Crippen LogP contribution in [0.15, 0.2) is 21.9 Å². The summed E-state index contributed by atoms with van der Waals surface area (Å²) in [5.41, 5.74) is -1.49. The van der Waals surface area contributed by atoms with E-state index in [1.54, 1.807) is 5.32 Å². The van der Waals surface area contributed by atoms with Gasteiger partial charge < -0.3 is 29.7 Å². The molecule has 1 fully saturated rings. The number of aromatic amines is 1. The standard InChI is InChI=1S/C14H18F3N3O8/c15-14(16,17)12(24)18-2-4-26-6-27-10-9(23)7(5-21)28-11(10)20-3-1-8(22)19-13(20)25/h1,3,7,9-11,21,23H,2,4-6H2,(H,18,24)(H,19,22,25)/t7-,9+,10-,11-/m1/s1. The lowest BCUT2D eigenvalue weighted by atomic mass is 10.1. The highest BCUT2D eigenvalue weighted by Crippen LogP contribution is 2.30. The first-order chi connectivity index (χ1) is 13.1. The predicted octanol–water partition coefficient (Wildman–Crippen LogP) is -2.17. The number of H-pyrrole nitrogens is 1. The van der Waals surface area contributed by atoms with Crippen molar-refractivity contribution in [3.8, 4) is 0 Å². The monoisotopic (exact) mass is 413 g/mol. The lowest BCUT2D eigenvalue weighted by Crippen LogP contribution is -2.40. The second-order valence-electron chi connectivity index (χ2n) is 5.67. The van der Waals surface area contributed by atoms with Crippen LogP contribution in [0.5, 0.6) is 0 Å². The Morgan fingerprint density at radius 2 is 2.11 bits per heavy atom. The summed E-state index contributed by atoms with van der Waals surface area (Å²) in [5, 5.41) is 21.0. The summed E-state index contributed by atoms with van der Waals surface area (Å²) >= 11 is 0. The highest BCUT2D eigenvalue weighted by atomic mass is 19.4. The van der Waals surface area contributed by atoms with E-state index in [-0.39, 0.29) is 6.61 Å². The molecule has 158 valence electrons. The molecule has 0 radical (unpaired) electrons. The van der Waals surface area contributed by atoms with Crippen LogP contribution in [0.4, 0.5) is 13.2 Å². The van der Waals surface area contributed by atoms with Gasteiger partial charge in [0, 0.05) is 18.8 Å². The summed E-state index contributed by atoms with van der Waals surface area (Å²) in [6.07, 6.45) is -8.72. The fourth-order valence-electron chi connectivity index (χ4n) is 2.42. The number of nitrogens with one attached hydrogen (secondary N) is 2. The average Bonchev–Trinajstić information content (AvgIpc) is 2.92. The Kier molecular flexibility index (Phi) is 7.31. The van der Waals surface area contributed by atoms with Gasteiger partial charge in [-0.2, -0.15) is 13.2 Å². The van der Waals surface area contributed by atoms with E-state index in [1.165, 1.54) is 0 Å². The molecular weight excluding hydrogens is 395 g/mol. The summed E-state index contributed by atoms with van der Waals surface area (Å²) < 4.78 is 52.6. The van der Waals surface area contributed by atoms with Gasteiger partial charge in [0.05, 0.1) is 13.2 Å². The number of nitrogens with zero attached hydrogens (tertiary/aromatic N) is 1. The quantitative estimate of drug-likeness (QED) is 0.277. The number of amides is 1. The number of alkyl halides is 3. The molecule has 0 bridgehead atoms. The third kappa shape index (κ3) is 5.39. The number of aromatic nitrogens is 2. The number of ether oxygens (including phenoxy) is 3. The molecule has 0 spiro atoms. The minimum Gasteiger partial charge on any atom is -0.394 e. The molecule has 2 rings (SSSR count). The second-order valence-corrected chi connectivity index (χ2v) is 5.67. The number of rotatable bonds is 8. The van der Waals surface area contributed by atoms with Gasteiger partial charge in [-0.15, -0.1) is 0 Å². The number of hydrogen-bond acceptors (Lipinski definition) is 8. The van der Waals surface area contributed by atoms with Crippen molar-refractivity contribution in [1.82, 2.24) is 14.9 Å². The van der Waals surface area contributed by atoms with Crippen molar-refractivity contribution in [2.75, 3.05) is 26.6 Å². The number of carbonyl (C=O) groups is 1. The minimum atomic E-state index is -5.00. The third-order valence-electron chi connectivity index (χ3n) is 3.75. The zero-order valence-corrected chi connectivity index (χ0v) is 14.2. The lowest BCUT2D eigenvalue weighted by molar-refractivity contribution is -0.174. The number of carbonyl (C=O) groups excluding carboxylic acids is 1. The van der Waals surface area contributed by atoms with Crippen molar-refractivity contribution in [2.45, 2.75) is 30.7 Å². The zero-order chi connectivity index (χ0) is 20.9. The second kappa shape index (κ2) is 9.29. The zero-order valence-electron chi connectivity index (χ0n) is 14.2. The van der Waals surface area contributed by atoms with Gasteiger partial charge >= 0.3 is 17.8 Å². The molecule has 4 N–H and O–H groups in total. The Bertz CT molecular complexity index is 780. The number of hydrogen-bond donors (Lipinski definition) is 4. The smallest absolute Gasteiger partial charge is 0.394 e. The molecular formula is C14H18F3N3O8. The maximum absolute atomic E-state index is 12.0. The Balaban J connectivity index is 1.91. The van der Waals surface area contributed by atoms with Gasteiger partial charge in [0.2, 0.25) is 0 Å². The normalized spacial score (nSPS) is 25.0. The van der Waals surface area contributed by atoms with Gasteiger partial charge in [0.15, 0.2) is 6.23 Å². The average molecular weight is 413 g/mol. The fourth-order valence-corrected chi connectivity index (χ4v) is 2.42. The van der Waals surface area contributed by atoms with Crippen molar-refractivity contribution in [1.29, 1.82) is 0 Å². The molecule has 0 aromatic carbocycles. The van der Waals surface area contributed by atoms with E-state index in [2.05, 4.69) is 0 Å². The van der Waals surface area contributed by atoms with Crippen LogP contribution in [0.3, 0.4) is 0 Å². The van der Waals surface area contributed by atoms with E-state index in [1.807, 2.05) is 4.98 Å². The van der Waals surface area contributed by atoms with E-state index >= 15 is 0 Å². The number of aliphatic hydroxyl groups is 2. The fraction of sp³-hybridized carbons (Fsp3) is 0.643. The summed E-state index contributed by atoms with van der Waals surface area (Å²) in [6, 6.07) is 1.04. The molecule has 14 heteroatoms. The Morgan fingerprint density at radius 3 is 2.71 bits per heavy atom. The summed E-state index contributed by atoms with van der Waals surface area (Å²) in [7, 11) is 0. The van der Waals surface area contributed by atoms with E-state index in [9.17, 15) is 37.8 Å². The van der Waals surface area contributed by atoms with Gasteiger partial charge in [0.1, 0.15) is 25.1 Å². The molecule has 28 heavy (non-hydrogen) atoms. The molecule has 11 nitrogen and oxygen atoms in total. The van der Waals surface area contributed by atoms with Crippen molar-refractivity contribution >= 4 is 5.91 Å². The van der Waals surface area contributed by atoms with Gasteiger partial charge in [0.25, 0.3) is 5.56 Å². The molecule has 0 aliphatic carbocycles. The van der Waals surface area contributed by atoms with Crippen LogP contribution in [0.2, 0.25) is 0 Å². The molecule has 1 aliphatic rings. The van der Waals surface area contributed by atoms with Crippen LogP contribution in [0.1, 0.15) is 6.23 Å². The maximum atomic E-state index is 12.0. The van der Waals surface area contributed by atoms with Crippen LogP contribution in [-0.4, -0.2) is 76.7 Å². The first kappa shape index (κ1) is 22.0. The predicted molar refractivity (Wildman–Crippen MR) is 83.1 cm³/mol. The summed E-state index contributed by atoms with van der Waals surface area (Å²) in [5.74, 6) is -2.11. The third-order valence-corrected chi connectivity index (χ3v) is 3.75. The van der Waals surface area contributed by atoms with Crippen LogP contribution in [0, 0.1) is 0 Å². The van der Waals surface area contributed by atoms with Crippen LogP contribution in [-0.2, 0) is 19.0 Å². The SMILES string of the molecule is O=C(NCCOCO[C@@H]1[C@@H](O)[C@@H](CO)O[C@H]1n1ccc(=O)[nH]c1=O)C(F)(F)F. The van der Waals surface area contributed by atoms with E-state index in [0.717, 1.165) is 16.8 Å². The Morgan fingerprint density at radius 1 is 1.39 bits per heavy atom. The first-order valence-electron chi connectivity index (χ1n) is 7.95. The summed E-state index contributed by atoms with van der Waals surface area (Å²) in [6.45, 7) is -1.86. The highest BCUT2D eigenvalue weighted by molar-refractivity contribution is 5.81. The van der Waals surface area contributed by atoms with Crippen LogP contribution < -0.4 is 16.6 Å². The van der Waals surface area contributed by atoms with Crippen LogP contribution in [0.25, 0.3) is 0 Å². The van der Waals surface area contributed by atoms with Crippen molar-refractivity contribution in [3.05, 3.63) is 33.1 Å². The molecule has 2 heterocycles. The summed E-state index contributed by atoms with van der Waals surface area (Å²) in [4.78, 5) is 35.7.